The van der Waals surface area contributed by atoms with Gasteiger partial charge in [0.2, 0.25) is 5.91 Å². The number of carbonyl (C=O) groups is 3. The minimum Gasteiger partial charge on any atom is -0.466 e. The van der Waals surface area contributed by atoms with Gasteiger partial charge in [-0.05, 0) is 52.5 Å². The number of allylic oxidation sites excluding steroid dienone is 2. The summed E-state index contributed by atoms with van der Waals surface area (Å²) < 4.78 is 27.9. The number of epoxide rings is 1. The molecular weight excluding hydrogens is 518 g/mol. The number of nitrogens with one attached hydrogen (secondary N) is 1. The van der Waals surface area contributed by atoms with E-state index in [9.17, 15) is 19.5 Å². The number of rotatable bonds is 11. The Bertz CT molecular complexity index is 986. The van der Waals surface area contributed by atoms with E-state index in [0.717, 1.165) is 12.0 Å². The number of hydrogen-bond acceptors (Lipinski definition) is 9. The van der Waals surface area contributed by atoms with Crippen LogP contribution in [0.1, 0.15) is 67.2 Å². The summed E-state index contributed by atoms with van der Waals surface area (Å²) in [6, 6.07) is -0.123. The predicted molar refractivity (Wildman–Crippen MR) is 147 cm³/mol. The highest BCUT2D eigenvalue weighted by Crippen LogP contribution is 2.43. The van der Waals surface area contributed by atoms with Crippen molar-refractivity contribution in [1.29, 1.82) is 0 Å². The number of aliphatic hydroxyl groups is 1. The van der Waals surface area contributed by atoms with Gasteiger partial charge in [0, 0.05) is 19.4 Å². The van der Waals surface area contributed by atoms with Crippen molar-refractivity contribution in [3.8, 4) is 0 Å². The first-order valence-corrected chi connectivity index (χ1v) is 14.2. The third-order valence-electron chi connectivity index (χ3n) is 7.62. The Morgan fingerprint density at radius 2 is 1.90 bits per heavy atom. The molecule has 224 valence electrons. The molecule has 2 N–H and O–H groups in total. The third kappa shape index (κ3) is 9.26. The largest absolute Gasteiger partial charge is 0.466 e. The molecule has 3 rings (SSSR count). The van der Waals surface area contributed by atoms with E-state index in [0.29, 0.717) is 26.1 Å². The summed E-state index contributed by atoms with van der Waals surface area (Å²) in [7, 11) is 0. The summed E-state index contributed by atoms with van der Waals surface area (Å²) in [5.74, 6) is -0.743. The molecule has 3 aliphatic heterocycles. The van der Waals surface area contributed by atoms with Gasteiger partial charge in [0.1, 0.15) is 23.9 Å². The number of ether oxygens (including phenoxy) is 5. The number of aliphatic hydroxyl groups excluding tert-OH is 1. The first kappa shape index (κ1) is 32.0. The molecule has 1 amide bonds. The van der Waals surface area contributed by atoms with Gasteiger partial charge in [0.25, 0.3) is 0 Å². The molecule has 10 nitrogen and oxygen atoms in total. The van der Waals surface area contributed by atoms with Gasteiger partial charge in [-0.15, -0.1) is 0 Å². The van der Waals surface area contributed by atoms with Gasteiger partial charge in [-0.3, -0.25) is 14.4 Å². The minimum absolute atomic E-state index is 0.000328. The van der Waals surface area contributed by atoms with Gasteiger partial charge in [-0.25, -0.2) is 0 Å². The summed E-state index contributed by atoms with van der Waals surface area (Å²) >= 11 is 0. The lowest BCUT2D eigenvalue weighted by atomic mass is 9.87. The van der Waals surface area contributed by atoms with E-state index in [1.165, 1.54) is 13.0 Å². The Labute approximate surface area is 237 Å². The second-order valence-corrected chi connectivity index (χ2v) is 11.2. The molecule has 0 aliphatic carbocycles. The molecule has 0 aromatic heterocycles. The highest BCUT2D eigenvalue weighted by molar-refractivity contribution is 5.87. The van der Waals surface area contributed by atoms with Crippen molar-refractivity contribution < 1.29 is 43.2 Å². The van der Waals surface area contributed by atoms with Crippen LogP contribution in [0.2, 0.25) is 0 Å². The lowest BCUT2D eigenvalue weighted by molar-refractivity contribution is -0.159. The zero-order valence-electron chi connectivity index (χ0n) is 24.5. The second kappa shape index (κ2) is 14.4. The van der Waals surface area contributed by atoms with E-state index in [1.807, 2.05) is 26.0 Å². The lowest BCUT2D eigenvalue weighted by Crippen LogP contribution is -2.50. The normalized spacial score (nSPS) is 35.1. The van der Waals surface area contributed by atoms with E-state index in [2.05, 4.69) is 18.3 Å². The zero-order chi connectivity index (χ0) is 29.4. The Hall–Kier alpha value is -2.53. The molecule has 3 aliphatic rings. The highest BCUT2D eigenvalue weighted by Gasteiger charge is 2.58. The number of esters is 2. The molecule has 0 unspecified atom stereocenters. The van der Waals surface area contributed by atoms with Crippen LogP contribution in [0.4, 0.5) is 0 Å². The summed E-state index contributed by atoms with van der Waals surface area (Å²) in [5, 5.41) is 13.8. The summed E-state index contributed by atoms with van der Waals surface area (Å²) in [6.07, 6.45) is 8.46. The van der Waals surface area contributed by atoms with Crippen molar-refractivity contribution in [2.45, 2.75) is 115 Å². The van der Waals surface area contributed by atoms with Gasteiger partial charge in [0.05, 0.1) is 44.0 Å². The Morgan fingerprint density at radius 1 is 1.18 bits per heavy atom. The highest BCUT2D eigenvalue weighted by atomic mass is 16.6. The zero-order valence-corrected chi connectivity index (χ0v) is 24.5. The Kier molecular flexibility index (Phi) is 11.5. The molecule has 0 radical (unpaired) electrons. The molecule has 3 saturated heterocycles. The minimum atomic E-state index is -0.801. The van der Waals surface area contributed by atoms with Crippen LogP contribution in [-0.2, 0) is 38.1 Å². The maximum Gasteiger partial charge on any atom is 0.308 e. The molecule has 40 heavy (non-hydrogen) atoms. The predicted octanol–water partition coefficient (Wildman–Crippen LogP) is 2.93. The van der Waals surface area contributed by atoms with Crippen LogP contribution >= 0.6 is 0 Å². The van der Waals surface area contributed by atoms with Crippen molar-refractivity contribution >= 4 is 17.8 Å². The van der Waals surface area contributed by atoms with Crippen LogP contribution in [0.25, 0.3) is 0 Å². The standard InChI is InChI=1S/C30H45NO9/c1-7-36-28(34)15-23-16-30(17-37-30)29(35)26(40-23)12-9-18(2)8-11-25-19(3)14-24(21(5)39-25)31-27(33)13-10-20(4)38-22(6)32/h8-10,12-13,19-21,23-26,29,35H,7,11,14-17H2,1-6H3,(H,31,33)/b12-9+,13-10-,18-8+/t19-,20-,21+,23+,24+,25-,26+,29+,30+/m0/s1. The fourth-order valence-electron chi connectivity index (χ4n) is 5.29. The van der Waals surface area contributed by atoms with Crippen molar-refractivity contribution in [1.82, 2.24) is 5.32 Å². The first-order chi connectivity index (χ1) is 18.9. The van der Waals surface area contributed by atoms with Crippen molar-refractivity contribution in [2.24, 2.45) is 5.92 Å². The van der Waals surface area contributed by atoms with Crippen LogP contribution in [0.15, 0.2) is 36.0 Å². The third-order valence-corrected chi connectivity index (χ3v) is 7.62. The first-order valence-electron chi connectivity index (χ1n) is 14.2. The Balaban J connectivity index is 1.50. The molecule has 0 bridgehead atoms. The van der Waals surface area contributed by atoms with E-state index >= 15 is 0 Å². The van der Waals surface area contributed by atoms with Gasteiger partial charge in [-0.2, -0.15) is 0 Å². The van der Waals surface area contributed by atoms with E-state index in [-0.39, 0.29) is 48.6 Å². The number of hydrogen-bond donors (Lipinski definition) is 2. The quantitative estimate of drug-likeness (QED) is 0.168. The fourth-order valence-corrected chi connectivity index (χ4v) is 5.29. The summed E-state index contributed by atoms with van der Waals surface area (Å²) in [4.78, 5) is 35.3. The van der Waals surface area contributed by atoms with Crippen LogP contribution in [0.5, 0.6) is 0 Å². The molecule has 9 atom stereocenters. The van der Waals surface area contributed by atoms with E-state index in [4.69, 9.17) is 23.7 Å². The Morgan fingerprint density at radius 3 is 2.55 bits per heavy atom. The second-order valence-electron chi connectivity index (χ2n) is 11.2. The molecule has 0 saturated carbocycles. The number of amides is 1. The topological polar surface area (TPSA) is 133 Å². The van der Waals surface area contributed by atoms with Gasteiger partial charge in [-0.1, -0.05) is 30.7 Å². The van der Waals surface area contributed by atoms with Crippen molar-refractivity contribution in [3.63, 3.8) is 0 Å². The monoisotopic (exact) mass is 563 g/mol. The molecular formula is C30H45NO9. The van der Waals surface area contributed by atoms with Crippen LogP contribution in [0, 0.1) is 5.92 Å². The molecule has 10 heteroatoms. The van der Waals surface area contributed by atoms with Crippen LogP contribution < -0.4 is 5.32 Å². The maximum absolute atomic E-state index is 12.4. The van der Waals surface area contributed by atoms with Crippen LogP contribution in [0.3, 0.4) is 0 Å². The number of carbonyl (C=O) groups excluding carboxylic acids is 3. The smallest absolute Gasteiger partial charge is 0.308 e. The van der Waals surface area contributed by atoms with Gasteiger partial charge >= 0.3 is 11.9 Å². The SMILES string of the molecule is CCOC(=O)C[C@@H]1C[C@@]2(CO2)[C@H](O)[C@@H](/C=C/C(C)=C/C[C@@H]2O[C@H](C)[C@H](NC(=O)/C=C\[C@H](C)OC(C)=O)C[C@@H]2C)O1. The van der Waals surface area contributed by atoms with E-state index < -0.39 is 29.9 Å². The molecule has 3 fully saturated rings. The molecule has 0 aromatic rings. The summed E-state index contributed by atoms with van der Waals surface area (Å²) in [5.41, 5.74) is 0.353. The van der Waals surface area contributed by atoms with Gasteiger partial charge < -0.3 is 34.1 Å². The van der Waals surface area contributed by atoms with Crippen molar-refractivity contribution in [3.05, 3.63) is 36.0 Å². The maximum atomic E-state index is 12.4. The average molecular weight is 564 g/mol. The lowest BCUT2D eigenvalue weighted by Gasteiger charge is -2.39. The average Bonchev–Trinajstić information content (AvgIpc) is 3.64. The van der Waals surface area contributed by atoms with E-state index in [1.54, 1.807) is 19.9 Å². The molecule has 0 aromatic carbocycles. The molecule has 1 spiro atoms. The molecule has 3 heterocycles. The van der Waals surface area contributed by atoms with Gasteiger partial charge in [0.15, 0.2) is 0 Å². The summed E-state index contributed by atoms with van der Waals surface area (Å²) in [6.45, 7) is 11.6. The van der Waals surface area contributed by atoms with Crippen molar-refractivity contribution in [2.75, 3.05) is 13.2 Å². The fraction of sp³-hybridized carbons (Fsp3) is 0.700. The van der Waals surface area contributed by atoms with Crippen LogP contribution in [-0.4, -0.2) is 84.4 Å².